The second-order valence-corrected chi connectivity index (χ2v) is 5.85. The van der Waals surface area contributed by atoms with Gasteiger partial charge in [-0.25, -0.2) is 4.98 Å². The molecule has 2 aromatic rings. The van der Waals surface area contributed by atoms with Crippen molar-refractivity contribution in [2.45, 2.75) is 43.8 Å². The van der Waals surface area contributed by atoms with Gasteiger partial charge in [0.15, 0.2) is 0 Å². The SMILES string of the molecule is Cn1c(C2CCCC(N)C2)nc2cc(C(F)(F)F)ccc21. The summed E-state index contributed by atoms with van der Waals surface area (Å²) in [6.07, 6.45) is -0.430. The maximum Gasteiger partial charge on any atom is 0.416 e. The number of hydrogen-bond acceptors (Lipinski definition) is 2. The number of fused-ring (bicyclic) bond motifs is 1. The Hall–Kier alpha value is -1.56. The zero-order valence-corrected chi connectivity index (χ0v) is 11.8. The van der Waals surface area contributed by atoms with Gasteiger partial charge >= 0.3 is 6.18 Å². The minimum atomic E-state index is -4.33. The third-order valence-corrected chi connectivity index (χ3v) is 4.32. The lowest BCUT2D eigenvalue weighted by atomic mass is 9.85. The van der Waals surface area contributed by atoms with Crippen LogP contribution in [-0.2, 0) is 13.2 Å². The molecule has 3 nitrogen and oxygen atoms in total. The summed E-state index contributed by atoms with van der Waals surface area (Å²) in [5, 5.41) is 0. The molecule has 1 aliphatic rings. The van der Waals surface area contributed by atoms with Gasteiger partial charge < -0.3 is 10.3 Å². The van der Waals surface area contributed by atoms with E-state index in [-0.39, 0.29) is 12.0 Å². The Bertz CT molecular complexity index is 660. The number of aromatic nitrogens is 2. The molecule has 1 heterocycles. The van der Waals surface area contributed by atoms with Gasteiger partial charge in [0, 0.05) is 19.0 Å². The van der Waals surface area contributed by atoms with Crippen LogP contribution in [0.2, 0.25) is 0 Å². The van der Waals surface area contributed by atoms with Crippen LogP contribution in [0, 0.1) is 0 Å². The van der Waals surface area contributed by atoms with E-state index in [0.29, 0.717) is 5.52 Å². The van der Waals surface area contributed by atoms with Crippen molar-refractivity contribution in [3.8, 4) is 0 Å². The quantitative estimate of drug-likeness (QED) is 0.874. The molecule has 6 heteroatoms. The van der Waals surface area contributed by atoms with Crippen LogP contribution < -0.4 is 5.73 Å². The fourth-order valence-corrected chi connectivity index (χ4v) is 3.22. The van der Waals surface area contributed by atoms with Crippen LogP contribution in [0.15, 0.2) is 18.2 Å². The molecule has 1 aromatic carbocycles. The van der Waals surface area contributed by atoms with Crippen molar-refractivity contribution in [1.29, 1.82) is 0 Å². The minimum absolute atomic E-state index is 0.161. The first kappa shape index (κ1) is 14.4. The number of imidazole rings is 1. The predicted octanol–water partition coefficient (Wildman–Crippen LogP) is 3.58. The molecule has 0 radical (unpaired) electrons. The van der Waals surface area contributed by atoms with Crippen molar-refractivity contribution in [3.05, 3.63) is 29.6 Å². The number of alkyl halides is 3. The first-order chi connectivity index (χ1) is 9.86. The van der Waals surface area contributed by atoms with Gasteiger partial charge in [-0.3, -0.25) is 0 Å². The number of hydrogen-bond donors (Lipinski definition) is 1. The summed E-state index contributed by atoms with van der Waals surface area (Å²) in [5.74, 6) is 1.08. The highest BCUT2D eigenvalue weighted by Crippen LogP contribution is 2.35. The summed E-state index contributed by atoms with van der Waals surface area (Å²) in [6, 6.07) is 3.90. The maximum atomic E-state index is 12.8. The van der Waals surface area contributed by atoms with Crippen molar-refractivity contribution >= 4 is 11.0 Å². The number of halogens is 3. The Morgan fingerprint density at radius 2 is 2.05 bits per heavy atom. The van der Waals surface area contributed by atoms with Gasteiger partial charge in [0.05, 0.1) is 16.6 Å². The topological polar surface area (TPSA) is 43.8 Å². The molecule has 0 aliphatic heterocycles. The number of nitrogens with zero attached hydrogens (tertiary/aromatic N) is 2. The van der Waals surface area contributed by atoms with E-state index in [1.807, 2.05) is 11.6 Å². The molecule has 2 unspecified atom stereocenters. The summed E-state index contributed by atoms with van der Waals surface area (Å²) in [5.41, 5.74) is 6.49. The fourth-order valence-electron chi connectivity index (χ4n) is 3.22. The maximum absolute atomic E-state index is 12.8. The van der Waals surface area contributed by atoms with Crippen LogP contribution in [0.5, 0.6) is 0 Å². The first-order valence-electron chi connectivity index (χ1n) is 7.15. The molecule has 0 amide bonds. The first-order valence-corrected chi connectivity index (χ1v) is 7.15. The van der Waals surface area contributed by atoms with Crippen LogP contribution in [0.3, 0.4) is 0 Å². The van der Waals surface area contributed by atoms with Crippen LogP contribution in [0.4, 0.5) is 13.2 Å². The third kappa shape index (κ3) is 2.64. The normalized spacial score (nSPS) is 23.7. The van der Waals surface area contributed by atoms with Crippen LogP contribution >= 0.6 is 0 Å². The Morgan fingerprint density at radius 1 is 1.29 bits per heavy atom. The van der Waals surface area contributed by atoms with Gasteiger partial charge in [0.1, 0.15) is 5.82 Å². The highest BCUT2D eigenvalue weighted by atomic mass is 19.4. The van der Waals surface area contributed by atoms with Crippen molar-refractivity contribution in [2.75, 3.05) is 0 Å². The summed E-state index contributed by atoms with van der Waals surface area (Å²) in [4.78, 5) is 4.45. The second kappa shape index (κ2) is 5.02. The van der Waals surface area contributed by atoms with E-state index in [1.54, 1.807) is 0 Å². The molecule has 0 saturated heterocycles. The lowest BCUT2D eigenvalue weighted by Gasteiger charge is -2.26. The molecule has 114 valence electrons. The van der Waals surface area contributed by atoms with Crippen LogP contribution in [0.1, 0.15) is 43.0 Å². The molecule has 21 heavy (non-hydrogen) atoms. The van der Waals surface area contributed by atoms with Crippen molar-refractivity contribution in [3.63, 3.8) is 0 Å². The molecule has 1 saturated carbocycles. The molecular weight excluding hydrogens is 279 g/mol. The van der Waals surface area contributed by atoms with E-state index >= 15 is 0 Å². The summed E-state index contributed by atoms with van der Waals surface area (Å²) in [6.45, 7) is 0. The van der Waals surface area contributed by atoms with E-state index in [2.05, 4.69) is 4.98 Å². The molecule has 0 spiro atoms. The number of aryl methyl sites for hydroxylation is 1. The number of benzene rings is 1. The molecule has 1 aliphatic carbocycles. The summed E-state index contributed by atoms with van der Waals surface area (Å²) < 4.78 is 40.2. The lowest BCUT2D eigenvalue weighted by Crippen LogP contribution is -2.27. The zero-order valence-electron chi connectivity index (χ0n) is 11.8. The standard InChI is InChI=1S/C15H18F3N3/c1-21-13-6-5-10(15(16,17)18)8-12(13)20-14(21)9-3-2-4-11(19)7-9/h5-6,8-9,11H,2-4,7,19H2,1H3. The van der Waals surface area contributed by atoms with E-state index in [9.17, 15) is 13.2 Å². The Kier molecular flexibility index (Phi) is 3.43. The monoisotopic (exact) mass is 297 g/mol. The summed E-state index contributed by atoms with van der Waals surface area (Å²) >= 11 is 0. The largest absolute Gasteiger partial charge is 0.416 e. The smallest absolute Gasteiger partial charge is 0.331 e. The molecule has 1 aromatic heterocycles. The Balaban J connectivity index is 2.02. The van der Waals surface area contributed by atoms with E-state index < -0.39 is 11.7 Å². The van der Waals surface area contributed by atoms with Gasteiger partial charge in [-0.05, 0) is 37.5 Å². The number of rotatable bonds is 1. The van der Waals surface area contributed by atoms with Crippen molar-refractivity contribution in [2.24, 2.45) is 12.8 Å². The molecular formula is C15H18F3N3. The van der Waals surface area contributed by atoms with Gasteiger partial charge in [-0.2, -0.15) is 13.2 Å². The van der Waals surface area contributed by atoms with Gasteiger partial charge in [0.25, 0.3) is 0 Å². The minimum Gasteiger partial charge on any atom is -0.331 e. The molecule has 1 fully saturated rings. The fraction of sp³-hybridized carbons (Fsp3) is 0.533. The van der Waals surface area contributed by atoms with Gasteiger partial charge in [0.2, 0.25) is 0 Å². The highest BCUT2D eigenvalue weighted by Gasteiger charge is 2.31. The molecule has 2 N–H and O–H groups in total. The average molecular weight is 297 g/mol. The molecule has 3 rings (SSSR count). The van der Waals surface area contributed by atoms with E-state index in [0.717, 1.165) is 49.2 Å². The second-order valence-electron chi connectivity index (χ2n) is 5.85. The predicted molar refractivity (Wildman–Crippen MR) is 74.9 cm³/mol. The number of nitrogens with two attached hydrogens (primary N) is 1. The zero-order chi connectivity index (χ0) is 15.2. The van der Waals surface area contributed by atoms with Crippen LogP contribution in [0.25, 0.3) is 11.0 Å². The van der Waals surface area contributed by atoms with Gasteiger partial charge in [-0.1, -0.05) is 6.42 Å². The molecule has 0 bridgehead atoms. The Labute approximate surface area is 121 Å². The summed E-state index contributed by atoms with van der Waals surface area (Å²) in [7, 11) is 1.86. The van der Waals surface area contributed by atoms with Crippen LogP contribution in [-0.4, -0.2) is 15.6 Å². The van der Waals surface area contributed by atoms with Crippen molar-refractivity contribution in [1.82, 2.24) is 9.55 Å². The van der Waals surface area contributed by atoms with E-state index in [1.165, 1.54) is 6.07 Å². The molecule has 2 atom stereocenters. The lowest BCUT2D eigenvalue weighted by molar-refractivity contribution is -0.137. The van der Waals surface area contributed by atoms with Gasteiger partial charge in [-0.15, -0.1) is 0 Å². The average Bonchev–Trinajstić information content (AvgIpc) is 2.75. The van der Waals surface area contributed by atoms with Crippen molar-refractivity contribution < 1.29 is 13.2 Å². The highest BCUT2D eigenvalue weighted by molar-refractivity contribution is 5.77. The van der Waals surface area contributed by atoms with E-state index in [4.69, 9.17) is 5.73 Å². The third-order valence-electron chi connectivity index (χ3n) is 4.32. The Morgan fingerprint density at radius 3 is 2.71 bits per heavy atom.